The van der Waals surface area contributed by atoms with Crippen LogP contribution in [0.15, 0.2) is 72.8 Å². The molecule has 1 amide bonds. The van der Waals surface area contributed by atoms with Crippen molar-refractivity contribution in [1.29, 1.82) is 0 Å². The van der Waals surface area contributed by atoms with Gasteiger partial charge in [0.05, 0.1) is 24.8 Å². The number of amides is 1. The van der Waals surface area contributed by atoms with Gasteiger partial charge in [0.1, 0.15) is 22.6 Å². The molecule has 9 nitrogen and oxygen atoms in total. The van der Waals surface area contributed by atoms with E-state index in [1.807, 2.05) is 24.3 Å². The average molecular weight is 482 g/mol. The molecule has 0 aliphatic carbocycles. The Balaban J connectivity index is 1.54. The Morgan fingerprint density at radius 1 is 0.944 bits per heavy atom. The highest BCUT2D eigenvalue weighted by Gasteiger charge is 2.25. The fourth-order valence-corrected chi connectivity index (χ4v) is 3.97. The smallest absolute Gasteiger partial charge is 0.344 e. The summed E-state index contributed by atoms with van der Waals surface area (Å²) in [4.78, 5) is 34.9. The van der Waals surface area contributed by atoms with Crippen LogP contribution in [0.1, 0.15) is 27.6 Å². The molecule has 2 aromatic heterocycles. The van der Waals surface area contributed by atoms with Crippen molar-refractivity contribution >= 4 is 45.6 Å². The van der Waals surface area contributed by atoms with E-state index in [0.29, 0.717) is 44.9 Å². The summed E-state index contributed by atoms with van der Waals surface area (Å²) in [7, 11) is 1.58. The number of nitrogens with one attached hydrogen (secondary N) is 1. The highest BCUT2D eigenvalue weighted by atomic mass is 16.5. The molecular weight excluding hydrogens is 458 g/mol. The second kappa shape index (κ2) is 9.38. The predicted octanol–water partition coefficient (Wildman–Crippen LogP) is 4.59. The van der Waals surface area contributed by atoms with Gasteiger partial charge in [0.15, 0.2) is 5.65 Å². The van der Waals surface area contributed by atoms with Crippen LogP contribution < -0.4 is 15.8 Å². The molecule has 0 fully saturated rings. The number of para-hydroxylation sites is 2. The van der Waals surface area contributed by atoms with E-state index in [0.717, 1.165) is 0 Å². The van der Waals surface area contributed by atoms with Crippen LogP contribution in [-0.4, -0.2) is 40.1 Å². The molecule has 0 unspecified atom stereocenters. The van der Waals surface area contributed by atoms with Gasteiger partial charge < -0.3 is 20.5 Å². The van der Waals surface area contributed by atoms with E-state index in [2.05, 4.69) is 10.3 Å². The number of nitrogens with zero attached hydrogens (tertiary/aromatic N) is 3. The third-order valence-corrected chi connectivity index (χ3v) is 5.71. The molecule has 9 heteroatoms. The lowest BCUT2D eigenvalue weighted by molar-refractivity contribution is 0.0529. The number of nitrogen functional groups attached to an aromatic ring is 1. The number of ether oxygens (including phenoxy) is 2. The van der Waals surface area contributed by atoms with Crippen LogP contribution in [0.25, 0.3) is 27.9 Å². The van der Waals surface area contributed by atoms with Crippen molar-refractivity contribution in [1.82, 2.24) is 14.5 Å². The average Bonchev–Trinajstić information content (AvgIpc) is 3.18. The van der Waals surface area contributed by atoms with E-state index >= 15 is 0 Å². The molecule has 36 heavy (non-hydrogen) atoms. The maximum absolute atomic E-state index is 12.8. The Labute approximate surface area is 206 Å². The molecule has 180 valence electrons. The minimum atomic E-state index is -0.571. The summed E-state index contributed by atoms with van der Waals surface area (Å²) in [5, 5.41) is 2.85. The minimum absolute atomic E-state index is 0.159. The van der Waals surface area contributed by atoms with Gasteiger partial charge in [0, 0.05) is 16.9 Å². The van der Waals surface area contributed by atoms with E-state index in [4.69, 9.17) is 20.2 Å². The molecule has 0 aliphatic rings. The van der Waals surface area contributed by atoms with E-state index < -0.39 is 5.97 Å². The molecule has 2 heterocycles. The molecule has 0 saturated heterocycles. The van der Waals surface area contributed by atoms with Gasteiger partial charge in [0.25, 0.3) is 5.91 Å². The Bertz CT molecular complexity index is 1590. The third-order valence-electron chi connectivity index (χ3n) is 5.71. The van der Waals surface area contributed by atoms with Gasteiger partial charge in [0.2, 0.25) is 0 Å². The van der Waals surface area contributed by atoms with Crippen LogP contribution in [0.3, 0.4) is 0 Å². The number of carbonyl (C=O) groups excluding carboxylic acids is 2. The third kappa shape index (κ3) is 4.07. The van der Waals surface area contributed by atoms with Crippen molar-refractivity contribution in [2.45, 2.75) is 6.92 Å². The highest BCUT2D eigenvalue weighted by molar-refractivity contribution is 6.09. The lowest BCUT2D eigenvalue weighted by atomic mass is 10.2. The lowest BCUT2D eigenvalue weighted by Gasteiger charge is -2.10. The monoisotopic (exact) mass is 481 g/mol. The number of nitrogens with two attached hydrogens (primary N) is 1. The van der Waals surface area contributed by atoms with Crippen molar-refractivity contribution < 1.29 is 19.1 Å². The molecule has 0 bridgehead atoms. The number of carbonyl (C=O) groups is 2. The first-order valence-corrected chi connectivity index (χ1v) is 11.3. The Morgan fingerprint density at radius 3 is 2.25 bits per heavy atom. The van der Waals surface area contributed by atoms with Gasteiger partial charge in [-0.1, -0.05) is 12.1 Å². The molecule has 3 N–H and O–H groups in total. The minimum Gasteiger partial charge on any atom is -0.497 e. The number of hydrogen-bond acceptors (Lipinski definition) is 7. The van der Waals surface area contributed by atoms with Crippen LogP contribution in [0.2, 0.25) is 0 Å². The van der Waals surface area contributed by atoms with Gasteiger partial charge in [-0.2, -0.15) is 0 Å². The van der Waals surface area contributed by atoms with E-state index in [1.165, 1.54) is 0 Å². The largest absolute Gasteiger partial charge is 0.497 e. The molecule has 0 radical (unpaired) electrons. The lowest BCUT2D eigenvalue weighted by Crippen LogP contribution is -2.12. The number of aromatic nitrogens is 3. The summed E-state index contributed by atoms with van der Waals surface area (Å²) >= 11 is 0. The molecule has 0 atom stereocenters. The number of esters is 1. The van der Waals surface area contributed by atoms with Crippen molar-refractivity contribution in [3.05, 3.63) is 83.9 Å². The van der Waals surface area contributed by atoms with E-state index in [1.54, 1.807) is 67.1 Å². The van der Waals surface area contributed by atoms with Gasteiger partial charge in [-0.25, -0.2) is 14.8 Å². The van der Waals surface area contributed by atoms with Crippen LogP contribution in [-0.2, 0) is 4.74 Å². The zero-order valence-corrected chi connectivity index (χ0v) is 19.7. The Hall–Kier alpha value is -4.92. The number of hydrogen-bond donors (Lipinski definition) is 2. The van der Waals surface area contributed by atoms with Gasteiger partial charge in [-0.15, -0.1) is 0 Å². The van der Waals surface area contributed by atoms with E-state index in [9.17, 15) is 9.59 Å². The van der Waals surface area contributed by atoms with Crippen molar-refractivity contribution in [2.24, 2.45) is 0 Å². The normalized spacial score (nSPS) is 10.9. The van der Waals surface area contributed by atoms with Crippen LogP contribution in [0.4, 0.5) is 11.5 Å². The fourth-order valence-electron chi connectivity index (χ4n) is 3.97. The zero-order valence-electron chi connectivity index (χ0n) is 19.7. The Kier molecular flexibility index (Phi) is 5.95. The number of anilines is 2. The van der Waals surface area contributed by atoms with Crippen LogP contribution >= 0.6 is 0 Å². The van der Waals surface area contributed by atoms with Crippen molar-refractivity contribution in [2.75, 3.05) is 24.8 Å². The molecule has 0 saturated carbocycles. The molecular formula is C27H23N5O4. The fraction of sp³-hybridized carbons (Fsp3) is 0.111. The number of fused-ring (bicyclic) bond motifs is 2. The van der Waals surface area contributed by atoms with Gasteiger partial charge in [-0.05, 0) is 67.6 Å². The molecule has 0 aliphatic heterocycles. The number of benzene rings is 3. The number of methoxy groups -OCH3 is 1. The zero-order chi connectivity index (χ0) is 25.2. The van der Waals surface area contributed by atoms with Crippen LogP contribution in [0, 0.1) is 0 Å². The Morgan fingerprint density at radius 2 is 1.61 bits per heavy atom. The standard InChI is InChI=1S/C27H23N5O4/c1-3-36-27(34)22-23-25(31-21-7-5-4-6-20(21)30-23)32(24(22)28)18-12-8-16(9-13-18)26(33)29-17-10-14-19(35-2)15-11-17/h4-15H,3,28H2,1-2H3,(H,29,33). The highest BCUT2D eigenvalue weighted by Crippen LogP contribution is 2.31. The first-order chi connectivity index (χ1) is 17.5. The summed E-state index contributed by atoms with van der Waals surface area (Å²) in [6, 6.07) is 21.3. The maximum Gasteiger partial charge on any atom is 0.344 e. The topological polar surface area (TPSA) is 121 Å². The van der Waals surface area contributed by atoms with Gasteiger partial charge >= 0.3 is 5.97 Å². The van der Waals surface area contributed by atoms with E-state index in [-0.39, 0.29) is 23.9 Å². The van der Waals surface area contributed by atoms with Crippen molar-refractivity contribution in [3.63, 3.8) is 0 Å². The second-order valence-corrected chi connectivity index (χ2v) is 7.93. The van der Waals surface area contributed by atoms with Gasteiger partial charge in [-0.3, -0.25) is 9.36 Å². The quantitative estimate of drug-likeness (QED) is 0.340. The molecule has 5 aromatic rings. The summed E-state index contributed by atoms with van der Waals surface area (Å²) in [5.41, 5.74) is 10.4. The summed E-state index contributed by atoms with van der Waals surface area (Å²) in [5.74, 6) is 0.0232. The summed E-state index contributed by atoms with van der Waals surface area (Å²) < 4.78 is 12.0. The molecule has 5 rings (SSSR count). The molecule has 3 aromatic carbocycles. The molecule has 0 spiro atoms. The maximum atomic E-state index is 12.8. The van der Waals surface area contributed by atoms with Crippen molar-refractivity contribution in [3.8, 4) is 11.4 Å². The summed E-state index contributed by atoms with van der Waals surface area (Å²) in [6.07, 6.45) is 0. The SMILES string of the molecule is CCOC(=O)c1c(N)n(-c2ccc(C(=O)Nc3ccc(OC)cc3)cc2)c2nc3ccccc3nc12. The second-order valence-electron chi connectivity index (χ2n) is 7.93. The number of rotatable bonds is 6. The van der Waals surface area contributed by atoms with Crippen LogP contribution in [0.5, 0.6) is 5.75 Å². The summed E-state index contributed by atoms with van der Waals surface area (Å²) in [6.45, 7) is 1.92. The first kappa shape index (κ1) is 22.9. The predicted molar refractivity (Wildman–Crippen MR) is 138 cm³/mol. The first-order valence-electron chi connectivity index (χ1n) is 11.3.